The zero-order chi connectivity index (χ0) is 20.7. The van der Waals surface area contributed by atoms with Crippen LogP contribution in [-0.4, -0.2) is 21.2 Å². The van der Waals surface area contributed by atoms with Crippen molar-refractivity contribution in [2.24, 2.45) is 5.41 Å². The van der Waals surface area contributed by atoms with Crippen LogP contribution in [0.5, 0.6) is 0 Å². The van der Waals surface area contributed by atoms with Crippen LogP contribution in [0.4, 0.5) is 4.39 Å². The van der Waals surface area contributed by atoms with Gasteiger partial charge >= 0.3 is 0 Å². The Kier molecular flexibility index (Phi) is 4.50. The van der Waals surface area contributed by atoms with Gasteiger partial charge in [0, 0.05) is 30.1 Å². The fourth-order valence-corrected chi connectivity index (χ4v) is 4.29. The lowest BCUT2D eigenvalue weighted by Crippen LogP contribution is -2.37. The van der Waals surface area contributed by atoms with Gasteiger partial charge in [-0.25, -0.2) is 9.37 Å². The molecule has 3 aromatic rings. The van der Waals surface area contributed by atoms with E-state index in [2.05, 4.69) is 22.4 Å². The van der Waals surface area contributed by atoms with Crippen molar-refractivity contribution in [1.82, 2.24) is 14.9 Å². The van der Waals surface area contributed by atoms with Crippen LogP contribution >= 0.6 is 0 Å². The molecular formula is C24H22FN3O2. The summed E-state index contributed by atoms with van der Waals surface area (Å²) in [6.45, 7) is 0. The summed E-state index contributed by atoms with van der Waals surface area (Å²) in [4.78, 5) is 30.3. The summed E-state index contributed by atoms with van der Waals surface area (Å²) in [5.74, 6) is 0.213. The Hall–Kier alpha value is -3.28. The highest BCUT2D eigenvalue weighted by atomic mass is 19.1. The van der Waals surface area contributed by atoms with Crippen LogP contribution in [0, 0.1) is 11.2 Å². The molecule has 5 rings (SSSR count). The number of ketones is 1. The zero-order valence-electron chi connectivity index (χ0n) is 16.5. The Morgan fingerprint density at radius 1 is 1.13 bits per heavy atom. The van der Waals surface area contributed by atoms with E-state index in [4.69, 9.17) is 0 Å². The molecule has 1 aliphatic carbocycles. The maximum Gasteiger partial charge on any atom is 0.227 e. The van der Waals surface area contributed by atoms with Crippen molar-refractivity contribution in [3.63, 3.8) is 0 Å². The van der Waals surface area contributed by atoms with Gasteiger partial charge < -0.3 is 9.88 Å². The molecule has 1 amide bonds. The highest BCUT2D eigenvalue weighted by Crippen LogP contribution is 2.50. The van der Waals surface area contributed by atoms with Crippen LogP contribution in [0.1, 0.15) is 53.5 Å². The van der Waals surface area contributed by atoms with Crippen molar-refractivity contribution in [1.29, 1.82) is 0 Å². The van der Waals surface area contributed by atoms with Crippen LogP contribution < -0.4 is 5.32 Å². The lowest BCUT2D eigenvalue weighted by atomic mass is 9.94. The number of para-hydroxylation sites is 1. The molecule has 0 bridgehead atoms. The van der Waals surface area contributed by atoms with Crippen molar-refractivity contribution in [2.45, 2.75) is 38.1 Å². The summed E-state index contributed by atoms with van der Waals surface area (Å²) >= 11 is 0. The van der Waals surface area contributed by atoms with Gasteiger partial charge in [0.1, 0.15) is 11.6 Å². The second kappa shape index (κ2) is 7.20. The number of Topliss-reactive ketones (excluding diaryl/α,β-unsaturated/α-hetero) is 1. The van der Waals surface area contributed by atoms with E-state index in [0.717, 1.165) is 24.4 Å². The molecule has 1 N–H and O–H groups in total. The summed E-state index contributed by atoms with van der Waals surface area (Å²) in [5.41, 5.74) is 2.09. The Labute approximate surface area is 173 Å². The molecule has 0 saturated heterocycles. The monoisotopic (exact) mass is 403 g/mol. The number of fused-ring (bicyclic) bond motifs is 3. The maximum absolute atomic E-state index is 13.2. The standard InChI is InChI=1S/C24H22FN3O2/c25-18-8-5-17(6-9-18)21(29)15-24(11-12-24)23(30)27-19-10-7-16-3-1-2-4-20(16)28-14-13-26-22(19)28/h1-6,8-9,13-14,19H,7,10-12,15H2,(H,27,30)/t19-/m1/s1. The number of nitrogens with one attached hydrogen (secondary N) is 1. The molecule has 1 fully saturated rings. The first-order chi connectivity index (χ1) is 14.6. The Bertz CT molecular complexity index is 1120. The summed E-state index contributed by atoms with van der Waals surface area (Å²) < 4.78 is 15.2. The number of halogens is 1. The average Bonchev–Trinajstić information content (AvgIpc) is 3.41. The topological polar surface area (TPSA) is 64.0 Å². The van der Waals surface area contributed by atoms with E-state index < -0.39 is 5.41 Å². The number of aryl methyl sites for hydroxylation is 1. The fourth-order valence-electron chi connectivity index (χ4n) is 4.29. The summed E-state index contributed by atoms with van der Waals surface area (Å²) in [5, 5.41) is 3.17. The Morgan fingerprint density at radius 3 is 2.67 bits per heavy atom. The molecule has 1 atom stereocenters. The van der Waals surface area contributed by atoms with Crippen molar-refractivity contribution >= 4 is 11.7 Å². The molecule has 152 valence electrons. The van der Waals surface area contributed by atoms with Gasteiger partial charge in [-0.3, -0.25) is 9.59 Å². The molecule has 0 radical (unpaired) electrons. The first-order valence-corrected chi connectivity index (χ1v) is 10.3. The number of amides is 1. The molecule has 6 heteroatoms. The normalized spacial score (nSPS) is 18.6. The summed E-state index contributed by atoms with van der Waals surface area (Å²) in [6.07, 6.45) is 6.78. The number of imidazole rings is 1. The zero-order valence-corrected chi connectivity index (χ0v) is 16.5. The minimum Gasteiger partial charge on any atom is -0.346 e. The van der Waals surface area contributed by atoms with E-state index in [1.807, 2.05) is 22.9 Å². The number of carbonyl (C=O) groups excluding carboxylic acids is 2. The maximum atomic E-state index is 13.2. The molecule has 5 nitrogen and oxygen atoms in total. The quantitative estimate of drug-likeness (QED) is 0.651. The molecular weight excluding hydrogens is 381 g/mol. The number of hydrogen-bond donors (Lipinski definition) is 1. The smallest absolute Gasteiger partial charge is 0.227 e. The predicted octanol–water partition coefficient (Wildman–Crippen LogP) is 4.17. The lowest BCUT2D eigenvalue weighted by molar-refractivity contribution is -0.127. The first-order valence-electron chi connectivity index (χ1n) is 10.3. The number of carbonyl (C=O) groups is 2. The van der Waals surface area contributed by atoms with E-state index >= 15 is 0 Å². The third-order valence-corrected chi connectivity index (χ3v) is 6.24. The Morgan fingerprint density at radius 2 is 1.90 bits per heavy atom. The minimum atomic E-state index is -0.665. The van der Waals surface area contributed by atoms with Gasteiger partial charge in [0.25, 0.3) is 0 Å². The van der Waals surface area contributed by atoms with Crippen LogP contribution in [0.3, 0.4) is 0 Å². The average molecular weight is 403 g/mol. The van der Waals surface area contributed by atoms with Crippen LogP contribution in [0.15, 0.2) is 60.9 Å². The molecule has 2 aliphatic rings. The lowest BCUT2D eigenvalue weighted by Gasteiger charge is -2.21. The molecule has 30 heavy (non-hydrogen) atoms. The van der Waals surface area contributed by atoms with Crippen LogP contribution in [0.25, 0.3) is 5.69 Å². The van der Waals surface area contributed by atoms with Crippen LogP contribution in [-0.2, 0) is 11.2 Å². The molecule has 1 saturated carbocycles. The predicted molar refractivity (Wildman–Crippen MR) is 110 cm³/mol. The van der Waals surface area contributed by atoms with E-state index in [1.54, 1.807) is 6.20 Å². The molecule has 0 unspecified atom stereocenters. The van der Waals surface area contributed by atoms with Gasteiger partial charge in [-0.1, -0.05) is 18.2 Å². The molecule has 0 spiro atoms. The van der Waals surface area contributed by atoms with Gasteiger partial charge in [0.15, 0.2) is 5.78 Å². The molecule has 2 aromatic carbocycles. The van der Waals surface area contributed by atoms with Crippen molar-refractivity contribution in [3.8, 4) is 5.69 Å². The van der Waals surface area contributed by atoms with Crippen molar-refractivity contribution in [2.75, 3.05) is 0 Å². The van der Waals surface area contributed by atoms with Crippen LogP contribution in [0.2, 0.25) is 0 Å². The third-order valence-electron chi connectivity index (χ3n) is 6.24. The molecule has 1 aliphatic heterocycles. The van der Waals surface area contributed by atoms with Gasteiger partial charge in [0.05, 0.1) is 11.5 Å². The number of aromatic nitrogens is 2. The number of rotatable bonds is 5. The largest absolute Gasteiger partial charge is 0.346 e. The first kappa shape index (κ1) is 18.7. The summed E-state index contributed by atoms with van der Waals surface area (Å²) in [6, 6.07) is 13.5. The van der Waals surface area contributed by atoms with E-state index in [1.165, 1.54) is 29.8 Å². The second-order valence-electron chi connectivity index (χ2n) is 8.24. The highest BCUT2D eigenvalue weighted by molar-refractivity contribution is 6.00. The minimum absolute atomic E-state index is 0.0940. The number of benzene rings is 2. The Balaban J connectivity index is 1.33. The van der Waals surface area contributed by atoms with E-state index in [-0.39, 0.29) is 30.0 Å². The van der Waals surface area contributed by atoms with Gasteiger partial charge in [-0.2, -0.15) is 0 Å². The second-order valence-corrected chi connectivity index (χ2v) is 8.24. The third kappa shape index (κ3) is 3.32. The molecule has 2 heterocycles. The van der Waals surface area contributed by atoms with E-state index in [9.17, 15) is 14.0 Å². The number of hydrogen-bond acceptors (Lipinski definition) is 3. The fraction of sp³-hybridized carbons (Fsp3) is 0.292. The highest BCUT2D eigenvalue weighted by Gasteiger charge is 2.51. The van der Waals surface area contributed by atoms with Gasteiger partial charge in [-0.05, 0) is 61.6 Å². The van der Waals surface area contributed by atoms with Gasteiger partial charge in [-0.15, -0.1) is 0 Å². The molecule has 1 aromatic heterocycles. The summed E-state index contributed by atoms with van der Waals surface area (Å²) in [7, 11) is 0. The number of nitrogens with zero attached hydrogens (tertiary/aromatic N) is 2. The SMILES string of the molecule is O=C(CC1(C(=O)N[C@@H]2CCc3ccccc3-n3ccnc32)CC1)c1ccc(F)cc1. The van der Waals surface area contributed by atoms with E-state index in [0.29, 0.717) is 18.4 Å². The van der Waals surface area contributed by atoms with Crippen molar-refractivity contribution < 1.29 is 14.0 Å². The van der Waals surface area contributed by atoms with Gasteiger partial charge in [0.2, 0.25) is 5.91 Å². The van der Waals surface area contributed by atoms with Crippen molar-refractivity contribution in [3.05, 3.63) is 83.7 Å².